The first-order chi connectivity index (χ1) is 12.5. The number of thioether (sulfide) groups is 1. The molecule has 0 fully saturated rings. The summed E-state index contributed by atoms with van der Waals surface area (Å²) in [5.41, 5.74) is 3.06. The van der Waals surface area contributed by atoms with Crippen LogP contribution in [0.25, 0.3) is 0 Å². The smallest absolute Gasteiger partial charge is 0.293 e. The number of nitrogens with one attached hydrogen (secondary N) is 2. The van der Waals surface area contributed by atoms with Gasteiger partial charge in [-0.25, -0.2) is 0 Å². The summed E-state index contributed by atoms with van der Waals surface area (Å²) in [7, 11) is 0. The summed E-state index contributed by atoms with van der Waals surface area (Å²) in [4.78, 5) is 23.9. The van der Waals surface area contributed by atoms with Crippen molar-refractivity contribution in [2.45, 2.75) is 18.2 Å². The predicted molar refractivity (Wildman–Crippen MR) is 102 cm³/mol. The number of amides is 2. The van der Waals surface area contributed by atoms with Crippen molar-refractivity contribution < 1.29 is 14.0 Å². The van der Waals surface area contributed by atoms with E-state index in [0.717, 1.165) is 11.3 Å². The third-order valence-corrected chi connectivity index (χ3v) is 5.46. The molecular weight excluding hydrogens is 372 g/mol. The van der Waals surface area contributed by atoms with Crippen LogP contribution >= 0.6 is 23.1 Å². The molecule has 26 heavy (non-hydrogen) atoms. The Morgan fingerprint density at radius 2 is 2.00 bits per heavy atom. The number of carbonyl (C=O) groups is 2. The lowest BCUT2D eigenvalue weighted by molar-refractivity contribution is -0.113. The van der Waals surface area contributed by atoms with Crippen LogP contribution in [0.15, 0.2) is 45.4 Å². The maximum atomic E-state index is 12.1. The fraction of sp³-hybridized carbons (Fsp3) is 0.176. The van der Waals surface area contributed by atoms with Crippen LogP contribution in [0.5, 0.6) is 0 Å². The first kappa shape index (κ1) is 18.2. The van der Waals surface area contributed by atoms with Crippen LogP contribution in [0, 0.1) is 13.8 Å². The van der Waals surface area contributed by atoms with Gasteiger partial charge in [0.25, 0.3) is 5.91 Å². The van der Waals surface area contributed by atoms with Gasteiger partial charge >= 0.3 is 0 Å². The molecule has 134 valence electrons. The van der Waals surface area contributed by atoms with Gasteiger partial charge in [0.1, 0.15) is 0 Å². The van der Waals surface area contributed by atoms with E-state index in [1.807, 2.05) is 32.0 Å². The summed E-state index contributed by atoms with van der Waals surface area (Å²) in [5, 5.41) is 13.7. The zero-order valence-corrected chi connectivity index (χ0v) is 15.7. The van der Waals surface area contributed by atoms with Crippen molar-refractivity contribution in [3.05, 3.63) is 53.5 Å². The molecule has 0 aliphatic rings. The summed E-state index contributed by atoms with van der Waals surface area (Å²) < 4.78 is 5.60. The molecule has 0 aliphatic heterocycles. The first-order valence-electron chi connectivity index (χ1n) is 7.69. The number of hydrogen-bond donors (Lipinski definition) is 2. The lowest BCUT2D eigenvalue weighted by Gasteiger charge is -2.06. The maximum absolute atomic E-state index is 12.1. The zero-order valence-electron chi connectivity index (χ0n) is 14.1. The quantitative estimate of drug-likeness (QED) is 0.493. The van der Waals surface area contributed by atoms with Crippen molar-refractivity contribution in [3.8, 4) is 0 Å². The van der Waals surface area contributed by atoms with Gasteiger partial charge in [0, 0.05) is 5.69 Å². The van der Waals surface area contributed by atoms with Crippen LogP contribution < -0.4 is 10.6 Å². The van der Waals surface area contributed by atoms with E-state index in [-0.39, 0.29) is 17.4 Å². The normalized spacial score (nSPS) is 10.5. The standard InChI is InChI=1S/C17H16N4O3S2/c1-10-5-6-12(8-11(10)2)18-14(22)9-25-17-21-20-16(26-17)19-15(23)13-4-3-7-24-13/h3-8H,9H2,1-2H3,(H,18,22)(H,19,20,23). The molecule has 0 saturated heterocycles. The molecule has 3 aromatic rings. The molecular formula is C17H16N4O3S2. The third kappa shape index (κ3) is 4.70. The number of benzene rings is 1. The zero-order chi connectivity index (χ0) is 18.5. The number of aryl methyl sites for hydroxylation is 2. The molecule has 0 bridgehead atoms. The van der Waals surface area contributed by atoms with Crippen molar-refractivity contribution in [1.82, 2.24) is 10.2 Å². The monoisotopic (exact) mass is 388 g/mol. The number of carbonyl (C=O) groups excluding carboxylic acids is 2. The third-order valence-electron chi connectivity index (χ3n) is 3.49. The molecule has 0 atom stereocenters. The van der Waals surface area contributed by atoms with E-state index < -0.39 is 5.91 Å². The Kier molecular flexibility index (Phi) is 5.69. The SMILES string of the molecule is Cc1ccc(NC(=O)CSc2nnc(NC(=O)c3ccco3)s2)cc1C. The molecule has 9 heteroatoms. The second-order valence-electron chi connectivity index (χ2n) is 5.44. The minimum absolute atomic E-state index is 0.130. The topological polar surface area (TPSA) is 97.1 Å². The Hall–Kier alpha value is -2.65. The second-order valence-corrected chi connectivity index (χ2v) is 7.64. The summed E-state index contributed by atoms with van der Waals surface area (Å²) in [6, 6.07) is 8.97. The van der Waals surface area contributed by atoms with Crippen molar-refractivity contribution in [2.75, 3.05) is 16.4 Å². The van der Waals surface area contributed by atoms with Gasteiger partial charge in [0.15, 0.2) is 10.1 Å². The minimum Gasteiger partial charge on any atom is -0.459 e. The predicted octanol–water partition coefficient (Wildman–Crippen LogP) is 3.73. The fourth-order valence-electron chi connectivity index (χ4n) is 2.03. The molecule has 2 aromatic heterocycles. The van der Waals surface area contributed by atoms with Crippen LogP contribution in [0.3, 0.4) is 0 Å². The molecule has 1 aromatic carbocycles. The van der Waals surface area contributed by atoms with E-state index in [2.05, 4.69) is 20.8 Å². The van der Waals surface area contributed by atoms with Crippen LogP contribution in [0.1, 0.15) is 21.7 Å². The van der Waals surface area contributed by atoms with E-state index in [1.54, 1.807) is 12.1 Å². The fourth-order valence-corrected chi connectivity index (χ4v) is 3.58. The molecule has 0 unspecified atom stereocenters. The highest BCUT2D eigenvalue weighted by molar-refractivity contribution is 8.01. The van der Waals surface area contributed by atoms with Gasteiger partial charge in [-0.05, 0) is 49.2 Å². The van der Waals surface area contributed by atoms with Gasteiger partial charge in [-0.2, -0.15) is 0 Å². The van der Waals surface area contributed by atoms with Gasteiger partial charge in [0.05, 0.1) is 12.0 Å². The maximum Gasteiger partial charge on any atom is 0.293 e. The Morgan fingerprint density at radius 3 is 2.73 bits per heavy atom. The van der Waals surface area contributed by atoms with Crippen LogP contribution in [0.2, 0.25) is 0 Å². The Labute approximate surface area is 158 Å². The summed E-state index contributed by atoms with van der Waals surface area (Å²) in [6.45, 7) is 4.02. The van der Waals surface area contributed by atoms with Crippen molar-refractivity contribution in [2.24, 2.45) is 0 Å². The summed E-state index contributed by atoms with van der Waals surface area (Å²) >= 11 is 2.46. The Balaban J connectivity index is 1.50. The highest BCUT2D eigenvalue weighted by Crippen LogP contribution is 2.26. The van der Waals surface area contributed by atoms with E-state index in [4.69, 9.17) is 4.42 Å². The Bertz CT molecular complexity index is 922. The van der Waals surface area contributed by atoms with Crippen LogP contribution in [-0.4, -0.2) is 27.8 Å². The van der Waals surface area contributed by atoms with Crippen LogP contribution in [-0.2, 0) is 4.79 Å². The molecule has 0 spiro atoms. The number of nitrogens with zero attached hydrogens (tertiary/aromatic N) is 2. The number of aromatic nitrogens is 2. The van der Waals surface area contributed by atoms with Gasteiger partial charge in [0.2, 0.25) is 11.0 Å². The lowest BCUT2D eigenvalue weighted by atomic mass is 10.1. The van der Waals surface area contributed by atoms with Crippen LogP contribution in [0.4, 0.5) is 10.8 Å². The van der Waals surface area contributed by atoms with Gasteiger partial charge in [-0.3, -0.25) is 14.9 Å². The van der Waals surface area contributed by atoms with Gasteiger partial charge in [-0.1, -0.05) is 29.2 Å². The number of hydrogen-bond acceptors (Lipinski definition) is 7. The molecule has 2 heterocycles. The molecule has 2 amide bonds. The molecule has 0 aliphatic carbocycles. The number of rotatable bonds is 6. The van der Waals surface area contributed by atoms with E-state index >= 15 is 0 Å². The second kappa shape index (κ2) is 8.15. The lowest BCUT2D eigenvalue weighted by Crippen LogP contribution is -2.14. The molecule has 7 nitrogen and oxygen atoms in total. The summed E-state index contributed by atoms with van der Waals surface area (Å²) in [5.74, 6) is -0.125. The molecule has 2 N–H and O–H groups in total. The average molecular weight is 388 g/mol. The molecule has 0 saturated carbocycles. The number of furan rings is 1. The first-order valence-corrected chi connectivity index (χ1v) is 9.50. The van der Waals surface area contributed by atoms with E-state index in [9.17, 15) is 9.59 Å². The number of anilines is 2. The highest BCUT2D eigenvalue weighted by Gasteiger charge is 2.13. The van der Waals surface area contributed by atoms with Crippen molar-refractivity contribution in [1.29, 1.82) is 0 Å². The van der Waals surface area contributed by atoms with E-state index in [1.165, 1.54) is 34.9 Å². The van der Waals surface area contributed by atoms with Gasteiger partial charge < -0.3 is 9.73 Å². The highest BCUT2D eigenvalue weighted by atomic mass is 32.2. The average Bonchev–Trinajstić information content (AvgIpc) is 3.28. The largest absolute Gasteiger partial charge is 0.459 e. The van der Waals surface area contributed by atoms with Crippen molar-refractivity contribution >= 4 is 45.7 Å². The van der Waals surface area contributed by atoms with E-state index in [0.29, 0.717) is 9.47 Å². The minimum atomic E-state index is -0.393. The van der Waals surface area contributed by atoms with Gasteiger partial charge in [-0.15, -0.1) is 10.2 Å². The Morgan fingerprint density at radius 1 is 1.15 bits per heavy atom. The summed E-state index contributed by atoms with van der Waals surface area (Å²) in [6.07, 6.45) is 1.42. The van der Waals surface area contributed by atoms with Crippen molar-refractivity contribution in [3.63, 3.8) is 0 Å². The molecule has 0 radical (unpaired) electrons. The molecule has 3 rings (SSSR count).